The molecule has 0 aliphatic heterocycles. The van der Waals surface area contributed by atoms with Crippen LogP contribution in [0.5, 0.6) is 0 Å². The van der Waals surface area contributed by atoms with Crippen LogP contribution in [0.15, 0.2) is 54.9 Å². The summed E-state index contributed by atoms with van der Waals surface area (Å²) in [5.74, 6) is 0. The van der Waals surface area contributed by atoms with Crippen molar-refractivity contribution in [2.75, 3.05) is 20.1 Å². The Kier molecular flexibility index (Phi) is 6.38. The predicted molar refractivity (Wildman–Crippen MR) is 88.0 cm³/mol. The molecule has 0 fully saturated rings. The molecular weight excluding hydrogens is 258 g/mol. The van der Waals surface area contributed by atoms with Gasteiger partial charge in [0.2, 0.25) is 0 Å². The number of hydrogen-bond acceptors (Lipinski definition) is 3. The van der Waals surface area contributed by atoms with E-state index in [1.165, 1.54) is 11.1 Å². The fourth-order valence-corrected chi connectivity index (χ4v) is 2.47. The van der Waals surface area contributed by atoms with Crippen molar-refractivity contribution in [2.45, 2.75) is 25.9 Å². The maximum Gasteiger partial charge on any atom is 0.0449 e. The molecule has 3 heteroatoms. The third kappa shape index (κ3) is 5.29. The summed E-state index contributed by atoms with van der Waals surface area (Å²) >= 11 is 0. The van der Waals surface area contributed by atoms with E-state index in [-0.39, 0.29) is 0 Å². The van der Waals surface area contributed by atoms with E-state index in [1.54, 1.807) is 0 Å². The number of hydrogen-bond donors (Lipinski definition) is 1. The van der Waals surface area contributed by atoms with Crippen LogP contribution < -0.4 is 5.32 Å². The van der Waals surface area contributed by atoms with Gasteiger partial charge in [-0.15, -0.1) is 0 Å². The first-order valence-electron chi connectivity index (χ1n) is 7.65. The molecule has 2 rings (SSSR count). The average Bonchev–Trinajstić information content (AvgIpc) is 2.53. The van der Waals surface area contributed by atoms with E-state index >= 15 is 0 Å². The van der Waals surface area contributed by atoms with Crippen molar-refractivity contribution in [3.05, 3.63) is 66.0 Å². The molecule has 0 saturated carbocycles. The molecule has 0 saturated heterocycles. The summed E-state index contributed by atoms with van der Waals surface area (Å²) in [5, 5.41) is 3.65. The summed E-state index contributed by atoms with van der Waals surface area (Å²) in [6.07, 6.45) is 4.86. The highest BCUT2D eigenvalue weighted by molar-refractivity contribution is 5.19. The first-order chi connectivity index (χ1) is 10.3. The average molecular weight is 283 g/mol. The molecule has 1 unspecified atom stereocenters. The van der Waals surface area contributed by atoms with Crippen LogP contribution in [-0.2, 0) is 6.54 Å². The summed E-state index contributed by atoms with van der Waals surface area (Å²) in [4.78, 5) is 6.43. The molecular formula is C18H25N3. The highest BCUT2D eigenvalue weighted by atomic mass is 15.1. The predicted octanol–water partition coefficient (Wildman–Crippen LogP) is 3.25. The maximum absolute atomic E-state index is 4.07. The molecule has 21 heavy (non-hydrogen) atoms. The second-order valence-corrected chi connectivity index (χ2v) is 5.47. The van der Waals surface area contributed by atoms with Crippen molar-refractivity contribution in [1.29, 1.82) is 0 Å². The van der Waals surface area contributed by atoms with Gasteiger partial charge in [0.1, 0.15) is 0 Å². The minimum atomic E-state index is 0.373. The largest absolute Gasteiger partial charge is 0.309 e. The van der Waals surface area contributed by atoms with E-state index in [1.807, 2.05) is 12.4 Å². The molecule has 0 aliphatic carbocycles. The number of rotatable bonds is 8. The Morgan fingerprint density at radius 2 is 1.81 bits per heavy atom. The van der Waals surface area contributed by atoms with Gasteiger partial charge in [-0.3, -0.25) is 4.98 Å². The van der Waals surface area contributed by atoms with Crippen LogP contribution in [0.2, 0.25) is 0 Å². The van der Waals surface area contributed by atoms with E-state index in [0.717, 1.165) is 26.1 Å². The Bertz CT molecular complexity index is 498. The van der Waals surface area contributed by atoms with Crippen LogP contribution in [0.1, 0.15) is 30.5 Å². The molecule has 112 valence electrons. The first-order valence-corrected chi connectivity index (χ1v) is 7.65. The smallest absolute Gasteiger partial charge is 0.0449 e. The molecule has 1 aromatic carbocycles. The SMILES string of the molecule is CCCNC(CN(C)Cc1ccncc1)c1ccccc1. The van der Waals surface area contributed by atoms with E-state index in [0.29, 0.717) is 6.04 Å². The Morgan fingerprint density at radius 3 is 2.48 bits per heavy atom. The number of likely N-dealkylation sites (N-methyl/N-ethyl adjacent to an activating group) is 1. The monoisotopic (exact) mass is 283 g/mol. The van der Waals surface area contributed by atoms with E-state index < -0.39 is 0 Å². The standard InChI is InChI=1S/C18H25N3/c1-3-11-20-18(17-7-5-4-6-8-17)15-21(2)14-16-9-12-19-13-10-16/h4-10,12-13,18,20H,3,11,14-15H2,1-2H3. The van der Waals surface area contributed by atoms with Gasteiger partial charge in [-0.25, -0.2) is 0 Å². The molecule has 2 aromatic rings. The van der Waals surface area contributed by atoms with Gasteiger partial charge < -0.3 is 10.2 Å². The molecule has 0 amide bonds. The van der Waals surface area contributed by atoms with Crippen molar-refractivity contribution in [1.82, 2.24) is 15.2 Å². The van der Waals surface area contributed by atoms with Gasteiger partial charge in [-0.05, 0) is 43.3 Å². The molecule has 1 atom stereocenters. The van der Waals surface area contributed by atoms with Gasteiger partial charge in [0, 0.05) is 31.5 Å². The van der Waals surface area contributed by atoms with Gasteiger partial charge >= 0.3 is 0 Å². The number of nitrogens with zero attached hydrogens (tertiary/aromatic N) is 2. The minimum absolute atomic E-state index is 0.373. The van der Waals surface area contributed by atoms with E-state index in [2.05, 4.69) is 71.6 Å². The van der Waals surface area contributed by atoms with Gasteiger partial charge in [0.25, 0.3) is 0 Å². The van der Waals surface area contributed by atoms with Crippen LogP contribution in [-0.4, -0.2) is 30.0 Å². The van der Waals surface area contributed by atoms with Gasteiger partial charge in [0.05, 0.1) is 0 Å². The second-order valence-electron chi connectivity index (χ2n) is 5.47. The van der Waals surface area contributed by atoms with Crippen molar-refractivity contribution in [3.63, 3.8) is 0 Å². The fourth-order valence-electron chi connectivity index (χ4n) is 2.47. The molecule has 1 aromatic heterocycles. The zero-order chi connectivity index (χ0) is 14.9. The highest BCUT2D eigenvalue weighted by Crippen LogP contribution is 2.15. The first kappa shape index (κ1) is 15.7. The molecule has 0 aliphatic rings. The maximum atomic E-state index is 4.07. The summed E-state index contributed by atoms with van der Waals surface area (Å²) < 4.78 is 0. The Balaban J connectivity index is 1.97. The minimum Gasteiger partial charge on any atom is -0.309 e. The Labute approximate surface area is 128 Å². The third-order valence-corrected chi connectivity index (χ3v) is 3.54. The Morgan fingerprint density at radius 1 is 1.10 bits per heavy atom. The van der Waals surface area contributed by atoms with E-state index in [4.69, 9.17) is 0 Å². The fraction of sp³-hybridized carbons (Fsp3) is 0.389. The quantitative estimate of drug-likeness (QED) is 0.806. The summed E-state index contributed by atoms with van der Waals surface area (Å²) in [6, 6.07) is 15.2. The summed E-state index contributed by atoms with van der Waals surface area (Å²) in [5.41, 5.74) is 2.65. The van der Waals surface area contributed by atoms with Crippen molar-refractivity contribution in [3.8, 4) is 0 Å². The van der Waals surface area contributed by atoms with Gasteiger partial charge in [-0.1, -0.05) is 37.3 Å². The molecule has 0 radical (unpaired) electrons. The van der Waals surface area contributed by atoms with Crippen molar-refractivity contribution >= 4 is 0 Å². The third-order valence-electron chi connectivity index (χ3n) is 3.54. The molecule has 1 heterocycles. The second kappa shape index (κ2) is 8.55. The van der Waals surface area contributed by atoms with Crippen molar-refractivity contribution < 1.29 is 0 Å². The highest BCUT2D eigenvalue weighted by Gasteiger charge is 2.13. The lowest BCUT2D eigenvalue weighted by molar-refractivity contribution is 0.283. The summed E-state index contributed by atoms with van der Waals surface area (Å²) in [7, 11) is 2.17. The lowest BCUT2D eigenvalue weighted by Crippen LogP contribution is -2.33. The summed E-state index contributed by atoms with van der Waals surface area (Å²) in [6.45, 7) is 5.18. The van der Waals surface area contributed by atoms with E-state index in [9.17, 15) is 0 Å². The number of pyridine rings is 1. The van der Waals surface area contributed by atoms with Crippen molar-refractivity contribution in [2.24, 2.45) is 0 Å². The zero-order valence-corrected chi connectivity index (χ0v) is 13.0. The van der Waals surface area contributed by atoms with Gasteiger partial charge in [0.15, 0.2) is 0 Å². The lowest BCUT2D eigenvalue weighted by Gasteiger charge is -2.25. The number of benzene rings is 1. The zero-order valence-electron chi connectivity index (χ0n) is 13.0. The molecule has 1 N–H and O–H groups in total. The van der Waals surface area contributed by atoms with Crippen LogP contribution in [0.25, 0.3) is 0 Å². The van der Waals surface area contributed by atoms with Crippen LogP contribution in [0.4, 0.5) is 0 Å². The lowest BCUT2D eigenvalue weighted by atomic mass is 10.1. The molecule has 0 spiro atoms. The molecule has 3 nitrogen and oxygen atoms in total. The van der Waals surface area contributed by atoms with Crippen LogP contribution in [0, 0.1) is 0 Å². The topological polar surface area (TPSA) is 28.2 Å². The van der Waals surface area contributed by atoms with Crippen LogP contribution >= 0.6 is 0 Å². The normalized spacial score (nSPS) is 12.5. The Hall–Kier alpha value is -1.71. The number of nitrogens with one attached hydrogen (secondary N) is 1. The number of aromatic nitrogens is 1. The van der Waals surface area contributed by atoms with Gasteiger partial charge in [-0.2, -0.15) is 0 Å². The van der Waals surface area contributed by atoms with Crippen LogP contribution in [0.3, 0.4) is 0 Å². The molecule has 0 bridgehead atoms.